The van der Waals surface area contributed by atoms with Crippen molar-refractivity contribution < 1.29 is 9.15 Å². The minimum absolute atomic E-state index is 0.470. The van der Waals surface area contributed by atoms with Crippen LogP contribution in [0.1, 0.15) is 29.6 Å². The van der Waals surface area contributed by atoms with E-state index in [0.717, 1.165) is 30.2 Å². The van der Waals surface area contributed by atoms with Crippen LogP contribution in [0.2, 0.25) is 0 Å². The van der Waals surface area contributed by atoms with Gasteiger partial charge in [-0.05, 0) is 44.2 Å². The van der Waals surface area contributed by atoms with Crippen molar-refractivity contribution in [2.45, 2.75) is 33.4 Å². The Labute approximate surface area is 114 Å². The summed E-state index contributed by atoms with van der Waals surface area (Å²) in [5.74, 6) is 2.71. The van der Waals surface area contributed by atoms with Crippen molar-refractivity contribution in [2.75, 3.05) is 7.05 Å². The lowest BCUT2D eigenvalue weighted by Gasteiger charge is -2.05. The highest BCUT2D eigenvalue weighted by Crippen LogP contribution is 2.18. The maximum Gasteiger partial charge on any atom is 0.146 e. The lowest BCUT2D eigenvalue weighted by Crippen LogP contribution is -2.04. The van der Waals surface area contributed by atoms with E-state index in [1.54, 1.807) is 0 Å². The summed E-state index contributed by atoms with van der Waals surface area (Å²) in [7, 11) is 1.93. The largest absolute Gasteiger partial charge is 0.486 e. The molecule has 1 aromatic carbocycles. The summed E-state index contributed by atoms with van der Waals surface area (Å²) >= 11 is 0. The molecule has 0 radical (unpaired) electrons. The zero-order valence-corrected chi connectivity index (χ0v) is 11.8. The number of nitrogens with one attached hydrogen (secondary N) is 1. The van der Waals surface area contributed by atoms with Crippen LogP contribution in [0.5, 0.6) is 5.75 Å². The Hall–Kier alpha value is -1.74. The van der Waals surface area contributed by atoms with Gasteiger partial charge in [-0.3, -0.25) is 0 Å². The molecule has 102 valence electrons. The molecule has 0 saturated carbocycles. The van der Waals surface area contributed by atoms with Crippen molar-refractivity contribution in [3.63, 3.8) is 0 Å². The summed E-state index contributed by atoms with van der Waals surface area (Å²) in [6.45, 7) is 5.41. The van der Waals surface area contributed by atoms with Crippen molar-refractivity contribution in [3.8, 4) is 5.75 Å². The standard InChI is InChI=1S/C16H21NO2/c1-4-13-6-5-7-15(8-13)18-11-16-9-14(10-17-3)12(2)19-16/h5-9,17H,4,10-11H2,1-3H3. The SMILES string of the molecule is CCc1cccc(OCc2cc(CNC)c(C)o2)c1. The molecule has 2 rings (SSSR count). The van der Waals surface area contributed by atoms with Crippen molar-refractivity contribution >= 4 is 0 Å². The first-order chi connectivity index (χ1) is 9.22. The second-order valence-corrected chi connectivity index (χ2v) is 4.61. The first-order valence-electron chi connectivity index (χ1n) is 6.67. The van der Waals surface area contributed by atoms with Gasteiger partial charge < -0.3 is 14.5 Å². The molecule has 2 aromatic rings. The fourth-order valence-electron chi connectivity index (χ4n) is 2.03. The van der Waals surface area contributed by atoms with E-state index in [-0.39, 0.29) is 0 Å². The molecule has 1 heterocycles. The number of hydrogen-bond acceptors (Lipinski definition) is 3. The quantitative estimate of drug-likeness (QED) is 0.862. The normalized spacial score (nSPS) is 10.7. The summed E-state index contributed by atoms with van der Waals surface area (Å²) in [5.41, 5.74) is 2.47. The summed E-state index contributed by atoms with van der Waals surface area (Å²) in [6.07, 6.45) is 1.02. The van der Waals surface area contributed by atoms with Gasteiger partial charge in [0.15, 0.2) is 0 Å². The molecule has 0 amide bonds. The number of rotatable bonds is 6. The maximum absolute atomic E-state index is 5.77. The van der Waals surface area contributed by atoms with E-state index in [2.05, 4.69) is 30.4 Å². The highest BCUT2D eigenvalue weighted by molar-refractivity contribution is 5.29. The molecule has 0 aliphatic carbocycles. The Bertz CT molecular complexity index is 531. The highest BCUT2D eigenvalue weighted by atomic mass is 16.5. The summed E-state index contributed by atoms with van der Waals surface area (Å²) < 4.78 is 11.4. The number of ether oxygens (including phenoxy) is 1. The van der Waals surface area contributed by atoms with Crippen molar-refractivity contribution in [1.29, 1.82) is 0 Å². The van der Waals surface area contributed by atoms with Gasteiger partial charge in [-0.2, -0.15) is 0 Å². The van der Waals surface area contributed by atoms with Gasteiger partial charge in [0.05, 0.1) is 0 Å². The monoisotopic (exact) mass is 259 g/mol. The maximum atomic E-state index is 5.77. The number of aryl methyl sites for hydroxylation is 2. The molecule has 0 unspecified atom stereocenters. The molecule has 0 aliphatic rings. The van der Waals surface area contributed by atoms with Gasteiger partial charge in [-0.15, -0.1) is 0 Å². The zero-order valence-electron chi connectivity index (χ0n) is 11.8. The highest BCUT2D eigenvalue weighted by Gasteiger charge is 2.07. The second kappa shape index (κ2) is 6.43. The van der Waals surface area contributed by atoms with Crippen molar-refractivity contribution in [1.82, 2.24) is 5.32 Å². The zero-order chi connectivity index (χ0) is 13.7. The molecule has 0 saturated heterocycles. The number of benzene rings is 1. The van der Waals surface area contributed by atoms with Crippen LogP contribution in [0.3, 0.4) is 0 Å². The molecule has 0 aliphatic heterocycles. The molecule has 1 N–H and O–H groups in total. The number of furan rings is 1. The molecule has 0 spiro atoms. The van der Waals surface area contributed by atoms with E-state index in [1.165, 1.54) is 11.1 Å². The molecule has 1 aromatic heterocycles. The van der Waals surface area contributed by atoms with E-state index < -0.39 is 0 Å². The van der Waals surface area contributed by atoms with Crippen molar-refractivity contribution in [2.24, 2.45) is 0 Å². The van der Waals surface area contributed by atoms with Gasteiger partial charge in [-0.25, -0.2) is 0 Å². The summed E-state index contributed by atoms with van der Waals surface area (Å²) in [6, 6.07) is 10.2. The molecular formula is C16H21NO2. The first-order valence-corrected chi connectivity index (χ1v) is 6.67. The Balaban J connectivity index is 1.99. The van der Waals surface area contributed by atoms with Crippen LogP contribution in [-0.4, -0.2) is 7.05 Å². The van der Waals surface area contributed by atoms with Crippen LogP contribution in [-0.2, 0) is 19.6 Å². The minimum Gasteiger partial charge on any atom is -0.486 e. The summed E-state index contributed by atoms with van der Waals surface area (Å²) in [4.78, 5) is 0. The number of hydrogen-bond donors (Lipinski definition) is 1. The van der Waals surface area contributed by atoms with Crippen LogP contribution in [0.25, 0.3) is 0 Å². The third kappa shape index (κ3) is 3.61. The van der Waals surface area contributed by atoms with Crippen LogP contribution >= 0.6 is 0 Å². The van der Waals surface area contributed by atoms with Gasteiger partial charge in [0, 0.05) is 12.1 Å². The van der Waals surface area contributed by atoms with E-state index in [1.807, 2.05) is 26.1 Å². The van der Waals surface area contributed by atoms with Gasteiger partial charge in [0.25, 0.3) is 0 Å². The molecule has 19 heavy (non-hydrogen) atoms. The molecule has 0 fully saturated rings. The van der Waals surface area contributed by atoms with E-state index in [4.69, 9.17) is 9.15 Å². The van der Waals surface area contributed by atoms with Crippen LogP contribution in [0.15, 0.2) is 34.7 Å². The minimum atomic E-state index is 0.470. The van der Waals surface area contributed by atoms with Crippen LogP contribution in [0.4, 0.5) is 0 Å². The topological polar surface area (TPSA) is 34.4 Å². The smallest absolute Gasteiger partial charge is 0.146 e. The van der Waals surface area contributed by atoms with Gasteiger partial charge in [0.1, 0.15) is 23.9 Å². The van der Waals surface area contributed by atoms with Crippen LogP contribution in [0, 0.1) is 6.92 Å². The summed E-state index contributed by atoms with van der Waals surface area (Å²) in [5, 5.41) is 3.13. The third-order valence-electron chi connectivity index (χ3n) is 3.13. The van der Waals surface area contributed by atoms with E-state index in [0.29, 0.717) is 6.61 Å². The lowest BCUT2D eigenvalue weighted by molar-refractivity contribution is 0.267. The fourth-order valence-corrected chi connectivity index (χ4v) is 2.03. The Morgan fingerprint density at radius 1 is 1.26 bits per heavy atom. The molecule has 3 nitrogen and oxygen atoms in total. The Morgan fingerprint density at radius 3 is 2.84 bits per heavy atom. The Kier molecular flexibility index (Phi) is 4.63. The van der Waals surface area contributed by atoms with E-state index in [9.17, 15) is 0 Å². The predicted octanol–water partition coefficient (Wildman–Crippen LogP) is 3.45. The second-order valence-electron chi connectivity index (χ2n) is 4.61. The average Bonchev–Trinajstić information content (AvgIpc) is 2.78. The first kappa shape index (κ1) is 13.7. The molecule has 3 heteroatoms. The van der Waals surface area contributed by atoms with Gasteiger partial charge in [-0.1, -0.05) is 19.1 Å². The van der Waals surface area contributed by atoms with Gasteiger partial charge in [0.2, 0.25) is 0 Å². The average molecular weight is 259 g/mol. The molecule has 0 atom stereocenters. The van der Waals surface area contributed by atoms with Gasteiger partial charge >= 0.3 is 0 Å². The lowest BCUT2D eigenvalue weighted by atomic mass is 10.2. The fraction of sp³-hybridized carbons (Fsp3) is 0.375. The molecule has 0 bridgehead atoms. The Morgan fingerprint density at radius 2 is 2.11 bits per heavy atom. The molecular weight excluding hydrogens is 238 g/mol. The van der Waals surface area contributed by atoms with E-state index >= 15 is 0 Å². The van der Waals surface area contributed by atoms with Crippen molar-refractivity contribution in [3.05, 3.63) is 53.0 Å². The third-order valence-corrected chi connectivity index (χ3v) is 3.13. The predicted molar refractivity (Wildman–Crippen MR) is 76.4 cm³/mol. The van der Waals surface area contributed by atoms with Crippen LogP contribution < -0.4 is 10.1 Å².